The Bertz CT molecular complexity index is 629. The monoisotopic (exact) mass is 371 g/mol. The van der Waals surface area contributed by atoms with Gasteiger partial charge in [0.1, 0.15) is 0 Å². The zero-order chi connectivity index (χ0) is 14.2. The summed E-state index contributed by atoms with van der Waals surface area (Å²) >= 11 is 2.21. The molecule has 0 atom stereocenters. The van der Waals surface area contributed by atoms with Crippen LogP contribution in [0.15, 0.2) is 24.3 Å². The van der Waals surface area contributed by atoms with Crippen molar-refractivity contribution in [3.63, 3.8) is 0 Å². The number of aromatic nitrogens is 3. The summed E-state index contributed by atoms with van der Waals surface area (Å²) in [5.74, 6) is -1.05. The van der Waals surface area contributed by atoms with Crippen molar-refractivity contribution >= 4 is 28.6 Å². The Kier molecular flexibility index (Phi) is 3.62. The van der Waals surface area contributed by atoms with E-state index in [1.54, 1.807) is 4.68 Å². The molecule has 0 aliphatic rings. The summed E-state index contributed by atoms with van der Waals surface area (Å²) in [4.78, 5) is 11.3. The molecule has 1 N–H and O–H groups in total. The topological polar surface area (TPSA) is 68.0 Å². The molecule has 0 unspecified atom stereocenters. The summed E-state index contributed by atoms with van der Waals surface area (Å²) < 4.78 is 2.66. The predicted octanol–water partition coefficient (Wildman–Crippen LogP) is 2.87. The van der Waals surface area contributed by atoms with Crippen molar-refractivity contribution in [2.45, 2.75) is 26.2 Å². The molecular weight excluding hydrogens is 357 g/mol. The van der Waals surface area contributed by atoms with Crippen molar-refractivity contribution in [1.29, 1.82) is 0 Å². The van der Waals surface area contributed by atoms with Crippen LogP contribution in [-0.4, -0.2) is 26.1 Å². The molecule has 0 saturated carbocycles. The largest absolute Gasteiger partial charge is 0.476 e. The van der Waals surface area contributed by atoms with E-state index in [2.05, 4.69) is 32.9 Å². The van der Waals surface area contributed by atoms with Crippen LogP contribution in [0, 0.1) is 3.57 Å². The number of nitrogens with zero attached hydrogens (tertiary/aromatic N) is 3. The van der Waals surface area contributed by atoms with Crippen LogP contribution >= 0.6 is 22.6 Å². The maximum Gasteiger partial charge on any atom is 0.358 e. The molecule has 0 amide bonds. The summed E-state index contributed by atoms with van der Waals surface area (Å²) in [7, 11) is 0. The maximum absolute atomic E-state index is 11.3. The van der Waals surface area contributed by atoms with Crippen molar-refractivity contribution in [2.24, 2.45) is 0 Å². The minimum atomic E-state index is -1.05. The number of carboxylic acids is 1. The number of carbonyl (C=O) groups is 1. The third-order valence-electron chi connectivity index (χ3n) is 2.64. The second-order valence-electron chi connectivity index (χ2n) is 5.23. The Morgan fingerprint density at radius 1 is 1.37 bits per heavy atom. The van der Waals surface area contributed by atoms with Gasteiger partial charge in [-0.15, -0.1) is 5.10 Å². The molecule has 0 radical (unpaired) electrons. The van der Waals surface area contributed by atoms with Gasteiger partial charge in [-0.25, -0.2) is 9.48 Å². The van der Waals surface area contributed by atoms with Gasteiger partial charge in [0, 0.05) is 8.99 Å². The summed E-state index contributed by atoms with van der Waals surface area (Å²) in [5, 5.41) is 17.0. The average molecular weight is 371 g/mol. The fourth-order valence-corrected chi connectivity index (χ4v) is 2.41. The van der Waals surface area contributed by atoms with Crippen molar-refractivity contribution in [1.82, 2.24) is 15.0 Å². The quantitative estimate of drug-likeness (QED) is 0.825. The van der Waals surface area contributed by atoms with Gasteiger partial charge in [-0.1, -0.05) is 32.1 Å². The van der Waals surface area contributed by atoms with E-state index in [1.807, 2.05) is 45.0 Å². The maximum atomic E-state index is 11.3. The van der Waals surface area contributed by atoms with E-state index < -0.39 is 5.97 Å². The molecule has 0 aliphatic heterocycles. The lowest BCUT2D eigenvalue weighted by atomic mass is 9.90. The molecule has 19 heavy (non-hydrogen) atoms. The smallest absolute Gasteiger partial charge is 0.358 e. The third kappa shape index (κ3) is 2.78. The van der Waals surface area contributed by atoms with Crippen LogP contribution in [0.1, 0.15) is 37.0 Å². The lowest BCUT2D eigenvalue weighted by Crippen LogP contribution is -2.21. The first-order valence-corrected chi connectivity index (χ1v) is 6.84. The Morgan fingerprint density at radius 3 is 2.58 bits per heavy atom. The van der Waals surface area contributed by atoms with Gasteiger partial charge in [0.25, 0.3) is 0 Å². The number of rotatable bonds is 2. The molecule has 2 aromatic rings. The lowest BCUT2D eigenvalue weighted by molar-refractivity contribution is 0.0687. The molecule has 1 aromatic carbocycles. The van der Waals surface area contributed by atoms with Crippen molar-refractivity contribution in [3.8, 4) is 5.69 Å². The van der Waals surface area contributed by atoms with Crippen molar-refractivity contribution in [2.75, 3.05) is 0 Å². The normalized spacial score (nSPS) is 11.6. The fourth-order valence-electron chi connectivity index (χ4n) is 1.89. The van der Waals surface area contributed by atoms with Crippen molar-refractivity contribution in [3.05, 3.63) is 39.2 Å². The molecule has 0 spiro atoms. The van der Waals surface area contributed by atoms with Gasteiger partial charge < -0.3 is 5.11 Å². The fraction of sp³-hybridized carbons (Fsp3) is 0.308. The Morgan fingerprint density at radius 2 is 2.05 bits per heavy atom. The number of hydrogen-bond acceptors (Lipinski definition) is 3. The van der Waals surface area contributed by atoms with Crippen LogP contribution in [-0.2, 0) is 5.41 Å². The molecular formula is C13H14IN3O2. The standard InChI is InChI=1S/C13H14IN3O2/c1-13(2,3)11-10(12(18)19)15-16-17(11)9-6-4-5-8(14)7-9/h4-7H,1-3H3,(H,18,19). The third-order valence-corrected chi connectivity index (χ3v) is 3.31. The van der Waals surface area contributed by atoms with Gasteiger partial charge in [0.2, 0.25) is 0 Å². The van der Waals surface area contributed by atoms with Crippen molar-refractivity contribution < 1.29 is 9.90 Å². The van der Waals surface area contributed by atoms with Gasteiger partial charge in [-0.2, -0.15) is 0 Å². The summed E-state index contributed by atoms with van der Waals surface area (Å²) in [6.45, 7) is 5.84. The van der Waals surface area contributed by atoms with Crippen LogP contribution in [0.2, 0.25) is 0 Å². The number of hydrogen-bond donors (Lipinski definition) is 1. The zero-order valence-corrected chi connectivity index (χ0v) is 13.0. The molecule has 1 aromatic heterocycles. The Hall–Kier alpha value is -1.44. The van der Waals surface area contributed by atoms with E-state index in [0.29, 0.717) is 5.69 Å². The van der Waals surface area contributed by atoms with E-state index >= 15 is 0 Å². The van der Waals surface area contributed by atoms with E-state index in [9.17, 15) is 9.90 Å². The van der Waals surface area contributed by atoms with Crippen LogP contribution in [0.25, 0.3) is 5.69 Å². The van der Waals surface area contributed by atoms with E-state index in [0.717, 1.165) is 9.26 Å². The molecule has 0 saturated heterocycles. The SMILES string of the molecule is CC(C)(C)c1c(C(=O)O)nnn1-c1cccc(I)c1. The highest BCUT2D eigenvalue weighted by atomic mass is 127. The minimum Gasteiger partial charge on any atom is -0.476 e. The molecule has 2 rings (SSSR count). The van der Waals surface area contributed by atoms with E-state index in [-0.39, 0.29) is 11.1 Å². The predicted molar refractivity (Wildman–Crippen MR) is 79.7 cm³/mol. The van der Waals surface area contributed by atoms with Crippen LogP contribution in [0.3, 0.4) is 0 Å². The van der Waals surface area contributed by atoms with Crippen LogP contribution in [0.4, 0.5) is 0 Å². The summed E-state index contributed by atoms with van der Waals surface area (Å²) in [6.07, 6.45) is 0. The zero-order valence-electron chi connectivity index (χ0n) is 10.9. The van der Waals surface area contributed by atoms with Crippen LogP contribution < -0.4 is 0 Å². The first-order chi connectivity index (χ1) is 8.80. The molecule has 5 nitrogen and oxygen atoms in total. The Balaban J connectivity index is 2.68. The lowest BCUT2D eigenvalue weighted by Gasteiger charge is -2.20. The number of aromatic carboxylic acids is 1. The number of carboxylic acid groups (broad SMARTS) is 1. The second-order valence-corrected chi connectivity index (χ2v) is 6.48. The molecule has 6 heteroatoms. The molecule has 0 fully saturated rings. The molecule has 0 bridgehead atoms. The van der Waals surface area contributed by atoms with Gasteiger partial charge in [-0.05, 0) is 40.8 Å². The highest BCUT2D eigenvalue weighted by molar-refractivity contribution is 14.1. The van der Waals surface area contributed by atoms with Gasteiger partial charge in [-0.3, -0.25) is 0 Å². The molecule has 1 heterocycles. The van der Waals surface area contributed by atoms with Gasteiger partial charge in [0.05, 0.1) is 11.4 Å². The number of halogens is 1. The van der Waals surface area contributed by atoms with E-state index in [1.165, 1.54) is 0 Å². The van der Waals surface area contributed by atoms with Crippen LogP contribution in [0.5, 0.6) is 0 Å². The van der Waals surface area contributed by atoms with E-state index in [4.69, 9.17) is 0 Å². The first-order valence-electron chi connectivity index (χ1n) is 5.76. The van der Waals surface area contributed by atoms with Gasteiger partial charge in [0.15, 0.2) is 5.69 Å². The first kappa shape index (κ1) is 14.0. The highest BCUT2D eigenvalue weighted by Gasteiger charge is 2.29. The highest BCUT2D eigenvalue weighted by Crippen LogP contribution is 2.27. The minimum absolute atomic E-state index is 0.00589. The molecule has 0 aliphatic carbocycles. The van der Waals surface area contributed by atoms with Gasteiger partial charge >= 0.3 is 5.97 Å². The summed E-state index contributed by atoms with van der Waals surface area (Å²) in [5.41, 5.74) is 1.06. The number of benzene rings is 1. The average Bonchev–Trinajstić information content (AvgIpc) is 2.73. The second kappa shape index (κ2) is 4.92. The molecule has 100 valence electrons. The Labute approximate surface area is 124 Å². The summed E-state index contributed by atoms with van der Waals surface area (Å²) in [6, 6.07) is 7.70.